The number of ether oxygens (including phenoxy) is 1. The summed E-state index contributed by atoms with van der Waals surface area (Å²) in [5, 5.41) is 12.7. The Balaban J connectivity index is 1.32. The summed E-state index contributed by atoms with van der Waals surface area (Å²) in [4.78, 5) is 11.3. The minimum atomic E-state index is -0.651. The molecule has 1 saturated heterocycles. The molecule has 0 atom stereocenters. The van der Waals surface area contributed by atoms with Crippen LogP contribution in [0.25, 0.3) is 0 Å². The van der Waals surface area contributed by atoms with E-state index in [0.717, 1.165) is 37.7 Å². The molecule has 3 aromatic rings. The van der Waals surface area contributed by atoms with E-state index in [1.54, 1.807) is 4.80 Å². The van der Waals surface area contributed by atoms with Crippen molar-refractivity contribution in [3.05, 3.63) is 47.9 Å². The first kappa shape index (κ1) is 17.1. The van der Waals surface area contributed by atoms with E-state index in [2.05, 4.69) is 30.3 Å². The normalized spacial score (nSPS) is 15.1. The molecule has 1 aliphatic heterocycles. The van der Waals surface area contributed by atoms with E-state index in [0.29, 0.717) is 12.5 Å². The highest BCUT2D eigenvalue weighted by Gasteiger charge is 2.24. The highest BCUT2D eigenvalue weighted by Crippen LogP contribution is 2.19. The second kappa shape index (κ2) is 7.52. The third-order valence-electron chi connectivity index (χ3n) is 4.36. The molecule has 0 saturated carbocycles. The largest absolute Gasteiger partial charge is 0.460 e. The summed E-state index contributed by atoms with van der Waals surface area (Å²) in [6.45, 7) is 2.02. The molecule has 0 aliphatic carbocycles. The SMILES string of the molecule is Nc1nc(OC2CCN(c3nnn(Cc4ccccc4)n3)CC2)ncc1F. The third kappa shape index (κ3) is 4.10. The Hall–Kier alpha value is -3.30. The summed E-state index contributed by atoms with van der Waals surface area (Å²) in [6, 6.07) is 10.1. The molecule has 0 unspecified atom stereocenters. The zero-order chi connectivity index (χ0) is 18.6. The van der Waals surface area contributed by atoms with Crippen molar-refractivity contribution < 1.29 is 9.13 Å². The van der Waals surface area contributed by atoms with E-state index in [1.165, 1.54) is 0 Å². The summed E-state index contributed by atoms with van der Waals surface area (Å²) in [7, 11) is 0. The third-order valence-corrected chi connectivity index (χ3v) is 4.36. The summed E-state index contributed by atoms with van der Waals surface area (Å²) < 4.78 is 18.8. The van der Waals surface area contributed by atoms with Crippen LogP contribution in [0.2, 0.25) is 0 Å². The van der Waals surface area contributed by atoms with Gasteiger partial charge in [0.2, 0.25) is 0 Å². The summed E-state index contributed by atoms with van der Waals surface area (Å²) >= 11 is 0. The Morgan fingerprint density at radius 1 is 1.19 bits per heavy atom. The molecular weight excluding hydrogens is 351 g/mol. The lowest BCUT2D eigenvalue weighted by Gasteiger charge is -2.30. The van der Waals surface area contributed by atoms with Crippen LogP contribution in [0.3, 0.4) is 0 Å². The molecular formula is C17H19FN8O. The van der Waals surface area contributed by atoms with Crippen molar-refractivity contribution in [1.29, 1.82) is 0 Å². The van der Waals surface area contributed by atoms with E-state index in [9.17, 15) is 4.39 Å². The number of benzene rings is 1. The maximum absolute atomic E-state index is 13.1. The van der Waals surface area contributed by atoms with Crippen LogP contribution < -0.4 is 15.4 Å². The van der Waals surface area contributed by atoms with Crippen molar-refractivity contribution in [2.45, 2.75) is 25.5 Å². The average Bonchev–Trinajstić information content (AvgIpc) is 3.15. The minimum absolute atomic E-state index is 0.0644. The zero-order valence-corrected chi connectivity index (χ0v) is 14.6. The van der Waals surface area contributed by atoms with Gasteiger partial charge in [-0.1, -0.05) is 35.4 Å². The number of aromatic nitrogens is 6. The molecule has 27 heavy (non-hydrogen) atoms. The Labute approximate surface area is 155 Å². The van der Waals surface area contributed by atoms with Crippen LogP contribution in [0.1, 0.15) is 18.4 Å². The molecule has 10 heteroatoms. The Bertz CT molecular complexity index is 895. The molecule has 4 rings (SSSR count). The van der Waals surface area contributed by atoms with Crippen molar-refractivity contribution in [3.8, 4) is 6.01 Å². The lowest BCUT2D eigenvalue weighted by molar-refractivity contribution is 0.156. The van der Waals surface area contributed by atoms with E-state index < -0.39 is 5.82 Å². The number of halogens is 1. The number of rotatable bonds is 5. The standard InChI is InChI=1S/C17H19FN8O/c18-14-10-20-17(21-15(14)19)27-13-6-8-25(9-7-13)16-22-24-26(23-16)11-12-4-2-1-3-5-12/h1-5,10,13H,6-9,11H2,(H2,19,20,21). The second-order valence-corrected chi connectivity index (χ2v) is 6.30. The van der Waals surface area contributed by atoms with Gasteiger partial charge in [-0.15, -0.1) is 5.10 Å². The topological polar surface area (TPSA) is 108 Å². The van der Waals surface area contributed by atoms with Crippen molar-refractivity contribution in [2.24, 2.45) is 0 Å². The maximum atomic E-state index is 13.1. The summed E-state index contributed by atoms with van der Waals surface area (Å²) in [5.74, 6) is -0.259. The van der Waals surface area contributed by atoms with Gasteiger partial charge in [0.05, 0.1) is 12.7 Å². The maximum Gasteiger partial charge on any atom is 0.318 e. The number of hydrogen-bond donors (Lipinski definition) is 1. The summed E-state index contributed by atoms with van der Waals surface area (Å²) in [5.41, 5.74) is 6.56. The highest BCUT2D eigenvalue weighted by molar-refractivity contribution is 5.29. The molecule has 0 amide bonds. The lowest BCUT2D eigenvalue weighted by Crippen LogP contribution is -2.39. The molecule has 0 radical (unpaired) electrons. The second-order valence-electron chi connectivity index (χ2n) is 6.30. The van der Waals surface area contributed by atoms with Crippen LogP contribution in [-0.4, -0.2) is 49.4 Å². The van der Waals surface area contributed by atoms with Crippen molar-refractivity contribution in [1.82, 2.24) is 30.2 Å². The van der Waals surface area contributed by atoms with Gasteiger partial charge < -0.3 is 15.4 Å². The lowest BCUT2D eigenvalue weighted by atomic mass is 10.1. The highest BCUT2D eigenvalue weighted by atomic mass is 19.1. The Morgan fingerprint density at radius 2 is 1.96 bits per heavy atom. The monoisotopic (exact) mass is 370 g/mol. The van der Waals surface area contributed by atoms with Crippen molar-refractivity contribution in [2.75, 3.05) is 23.7 Å². The van der Waals surface area contributed by atoms with Crippen LogP contribution in [0.4, 0.5) is 16.2 Å². The van der Waals surface area contributed by atoms with Gasteiger partial charge in [-0.25, -0.2) is 9.37 Å². The van der Waals surface area contributed by atoms with Gasteiger partial charge in [-0.05, 0) is 10.8 Å². The van der Waals surface area contributed by atoms with Crippen LogP contribution in [0.5, 0.6) is 6.01 Å². The fourth-order valence-corrected chi connectivity index (χ4v) is 2.92. The first-order valence-corrected chi connectivity index (χ1v) is 8.69. The predicted octanol–water partition coefficient (Wildman–Crippen LogP) is 1.28. The molecule has 1 fully saturated rings. The minimum Gasteiger partial charge on any atom is -0.460 e. The Morgan fingerprint density at radius 3 is 2.70 bits per heavy atom. The van der Waals surface area contributed by atoms with E-state index in [-0.39, 0.29) is 17.9 Å². The van der Waals surface area contributed by atoms with Gasteiger partial charge in [0, 0.05) is 25.9 Å². The molecule has 0 spiro atoms. The van der Waals surface area contributed by atoms with Crippen LogP contribution >= 0.6 is 0 Å². The van der Waals surface area contributed by atoms with Crippen LogP contribution in [-0.2, 0) is 6.54 Å². The molecule has 0 bridgehead atoms. The number of tetrazole rings is 1. The first-order chi connectivity index (χ1) is 13.2. The van der Waals surface area contributed by atoms with E-state index in [4.69, 9.17) is 10.5 Å². The number of nitrogens with two attached hydrogens (primary N) is 1. The Kier molecular flexibility index (Phi) is 4.77. The number of anilines is 2. The zero-order valence-electron chi connectivity index (χ0n) is 14.6. The molecule has 140 valence electrons. The van der Waals surface area contributed by atoms with Gasteiger partial charge in [0.15, 0.2) is 11.6 Å². The van der Waals surface area contributed by atoms with Gasteiger partial charge in [-0.2, -0.15) is 9.78 Å². The molecule has 9 nitrogen and oxygen atoms in total. The van der Waals surface area contributed by atoms with Crippen molar-refractivity contribution in [3.63, 3.8) is 0 Å². The van der Waals surface area contributed by atoms with Crippen LogP contribution in [0.15, 0.2) is 36.5 Å². The quantitative estimate of drug-likeness (QED) is 0.716. The number of nitrogen functional groups attached to an aromatic ring is 1. The van der Waals surface area contributed by atoms with Crippen molar-refractivity contribution >= 4 is 11.8 Å². The number of nitrogens with zero attached hydrogens (tertiary/aromatic N) is 7. The molecule has 1 aliphatic rings. The average molecular weight is 370 g/mol. The summed E-state index contributed by atoms with van der Waals surface area (Å²) in [6.07, 6.45) is 2.44. The predicted molar refractivity (Wildman–Crippen MR) is 95.6 cm³/mol. The first-order valence-electron chi connectivity index (χ1n) is 8.69. The van der Waals surface area contributed by atoms with Gasteiger partial charge >= 0.3 is 6.01 Å². The van der Waals surface area contributed by atoms with Gasteiger partial charge in [-0.3, -0.25) is 0 Å². The fourth-order valence-electron chi connectivity index (χ4n) is 2.92. The van der Waals surface area contributed by atoms with E-state index >= 15 is 0 Å². The van der Waals surface area contributed by atoms with Crippen LogP contribution in [0, 0.1) is 5.82 Å². The molecule has 2 aromatic heterocycles. The molecule has 3 heterocycles. The molecule has 1 aromatic carbocycles. The molecule has 2 N–H and O–H groups in total. The number of piperidine rings is 1. The van der Waals surface area contributed by atoms with Gasteiger partial charge in [0.1, 0.15) is 6.10 Å². The number of hydrogen-bond acceptors (Lipinski definition) is 8. The fraction of sp³-hybridized carbons (Fsp3) is 0.353. The smallest absolute Gasteiger partial charge is 0.318 e. The van der Waals surface area contributed by atoms with E-state index in [1.807, 2.05) is 30.3 Å². The van der Waals surface area contributed by atoms with Gasteiger partial charge in [0.25, 0.3) is 5.95 Å².